The second kappa shape index (κ2) is 4.81. The highest BCUT2D eigenvalue weighted by Gasteiger charge is 2.15. The van der Waals surface area contributed by atoms with E-state index in [1.165, 1.54) is 6.07 Å². The molecule has 0 unspecified atom stereocenters. The van der Waals surface area contributed by atoms with Gasteiger partial charge in [-0.15, -0.1) is 0 Å². The van der Waals surface area contributed by atoms with Gasteiger partial charge in [-0.05, 0) is 18.7 Å². The van der Waals surface area contributed by atoms with Crippen LogP contribution in [-0.2, 0) is 0 Å². The molecule has 0 fully saturated rings. The van der Waals surface area contributed by atoms with Crippen LogP contribution < -0.4 is 5.32 Å². The summed E-state index contributed by atoms with van der Waals surface area (Å²) in [5.74, 6) is -2.19. The van der Waals surface area contributed by atoms with Crippen molar-refractivity contribution in [3.05, 3.63) is 35.4 Å². The molecule has 0 spiro atoms. The van der Waals surface area contributed by atoms with Gasteiger partial charge in [0.05, 0.1) is 12.1 Å². The van der Waals surface area contributed by atoms with E-state index in [4.69, 9.17) is 0 Å². The molecule has 4 heteroatoms. The zero-order chi connectivity index (χ0) is 10.6. The van der Waals surface area contributed by atoms with Crippen LogP contribution >= 0.6 is 0 Å². The lowest BCUT2D eigenvalue weighted by molar-refractivity contribution is 0.0983. The van der Waals surface area contributed by atoms with Crippen molar-refractivity contribution >= 4 is 5.78 Å². The Morgan fingerprint density at radius 2 is 1.93 bits per heavy atom. The highest BCUT2D eigenvalue weighted by Crippen LogP contribution is 2.12. The van der Waals surface area contributed by atoms with Crippen LogP contribution in [0.5, 0.6) is 0 Å². The number of nitrogens with one attached hydrogen (secondary N) is 1. The highest BCUT2D eigenvalue weighted by atomic mass is 19.1. The van der Waals surface area contributed by atoms with Gasteiger partial charge in [-0.3, -0.25) is 4.79 Å². The Kier molecular flexibility index (Phi) is 3.71. The molecule has 14 heavy (non-hydrogen) atoms. The van der Waals surface area contributed by atoms with Crippen LogP contribution in [0.15, 0.2) is 18.2 Å². The Balaban J connectivity index is 2.89. The fourth-order valence-electron chi connectivity index (χ4n) is 1.09. The van der Waals surface area contributed by atoms with E-state index >= 15 is 0 Å². The standard InChI is InChI=1S/C10H11F2NO/c1-2-13-6-9(14)10-7(11)4-3-5-8(10)12/h3-5,13H,2,6H2,1H3. The molecule has 76 valence electrons. The number of hydrogen-bond acceptors (Lipinski definition) is 2. The SMILES string of the molecule is CCNCC(=O)c1c(F)cccc1F. The van der Waals surface area contributed by atoms with Gasteiger partial charge in [0.1, 0.15) is 11.6 Å². The van der Waals surface area contributed by atoms with Crippen molar-refractivity contribution in [3.8, 4) is 0 Å². The topological polar surface area (TPSA) is 29.1 Å². The number of Topliss-reactive ketones (excluding diaryl/α,β-unsaturated/α-hetero) is 1. The number of carbonyl (C=O) groups excluding carboxylic acids is 1. The largest absolute Gasteiger partial charge is 0.310 e. The molecule has 0 heterocycles. The molecule has 1 aromatic rings. The fourth-order valence-corrected chi connectivity index (χ4v) is 1.09. The van der Waals surface area contributed by atoms with Gasteiger partial charge in [0.25, 0.3) is 0 Å². The molecule has 0 saturated heterocycles. The molecular formula is C10H11F2NO. The van der Waals surface area contributed by atoms with Crippen molar-refractivity contribution in [1.29, 1.82) is 0 Å². The summed E-state index contributed by atoms with van der Waals surface area (Å²) in [5, 5.41) is 2.72. The summed E-state index contributed by atoms with van der Waals surface area (Å²) >= 11 is 0. The third-order valence-corrected chi connectivity index (χ3v) is 1.78. The zero-order valence-corrected chi connectivity index (χ0v) is 7.81. The van der Waals surface area contributed by atoms with Crippen LogP contribution in [0, 0.1) is 11.6 Å². The first-order valence-electron chi connectivity index (χ1n) is 4.34. The van der Waals surface area contributed by atoms with Crippen LogP contribution in [0.3, 0.4) is 0 Å². The molecule has 0 aliphatic heterocycles. The maximum atomic E-state index is 13.0. The smallest absolute Gasteiger partial charge is 0.182 e. The number of halogens is 2. The van der Waals surface area contributed by atoms with E-state index in [0.717, 1.165) is 12.1 Å². The van der Waals surface area contributed by atoms with E-state index in [0.29, 0.717) is 6.54 Å². The average molecular weight is 199 g/mol. The Labute approximate surface area is 80.9 Å². The number of hydrogen-bond donors (Lipinski definition) is 1. The molecular weight excluding hydrogens is 188 g/mol. The van der Waals surface area contributed by atoms with E-state index in [1.807, 2.05) is 6.92 Å². The molecule has 0 aliphatic rings. The highest BCUT2D eigenvalue weighted by molar-refractivity contribution is 5.98. The second-order valence-electron chi connectivity index (χ2n) is 2.80. The zero-order valence-electron chi connectivity index (χ0n) is 7.81. The Morgan fingerprint density at radius 3 is 2.43 bits per heavy atom. The Bertz CT molecular complexity index is 319. The van der Waals surface area contributed by atoms with Gasteiger partial charge < -0.3 is 5.32 Å². The number of benzene rings is 1. The van der Waals surface area contributed by atoms with Crippen molar-refractivity contribution in [3.63, 3.8) is 0 Å². The maximum absolute atomic E-state index is 13.0. The average Bonchev–Trinajstić information content (AvgIpc) is 2.14. The van der Waals surface area contributed by atoms with Crippen LogP contribution in [0.2, 0.25) is 0 Å². The van der Waals surface area contributed by atoms with Gasteiger partial charge in [-0.25, -0.2) is 8.78 Å². The van der Waals surface area contributed by atoms with Gasteiger partial charge in [0.2, 0.25) is 0 Å². The first kappa shape index (κ1) is 10.8. The lowest BCUT2D eigenvalue weighted by atomic mass is 10.1. The summed E-state index contributed by atoms with van der Waals surface area (Å²) in [6.45, 7) is 2.35. The number of rotatable bonds is 4. The van der Waals surface area contributed by atoms with Crippen molar-refractivity contribution in [2.45, 2.75) is 6.92 Å². The molecule has 2 nitrogen and oxygen atoms in total. The first-order valence-corrected chi connectivity index (χ1v) is 4.34. The second-order valence-corrected chi connectivity index (χ2v) is 2.80. The van der Waals surface area contributed by atoms with E-state index in [9.17, 15) is 13.6 Å². The molecule has 0 bridgehead atoms. The van der Waals surface area contributed by atoms with E-state index in [1.54, 1.807) is 0 Å². The maximum Gasteiger partial charge on any atom is 0.182 e. The minimum Gasteiger partial charge on any atom is -0.310 e. The minimum absolute atomic E-state index is 0.0473. The van der Waals surface area contributed by atoms with Crippen molar-refractivity contribution in [2.75, 3.05) is 13.1 Å². The molecule has 1 N–H and O–H groups in total. The quantitative estimate of drug-likeness (QED) is 0.748. The van der Waals surface area contributed by atoms with Crippen LogP contribution in [-0.4, -0.2) is 18.9 Å². The normalized spacial score (nSPS) is 10.2. The molecule has 1 aromatic carbocycles. The minimum atomic E-state index is -0.812. The third kappa shape index (κ3) is 2.35. The van der Waals surface area contributed by atoms with Gasteiger partial charge in [-0.1, -0.05) is 13.0 Å². The van der Waals surface area contributed by atoms with Crippen LogP contribution in [0.4, 0.5) is 8.78 Å². The molecule has 0 saturated carbocycles. The van der Waals surface area contributed by atoms with Crippen LogP contribution in [0.25, 0.3) is 0 Å². The molecule has 0 aliphatic carbocycles. The van der Waals surface area contributed by atoms with E-state index in [2.05, 4.69) is 5.32 Å². The molecule has 0 radical (unpaired) electrons. The first-order chi connectivity index (χ1) is 6.66. The fraction of sp³-hybridized carbons (Fsp3) is 0.300. The summed E-state index contributed by atoms with van der Waals surface area (Å²) < 4.78 is 26.1. The summed E-state index contributed by atoms with van der Waals surface area (Å²) in [6.07, 6.45) is 0. The lowest BCUT2D eigenvalue weighted by Crippen LogP contribution is -2.24. The predicted octanol–water partition coefficient (Wildman–Crippen LogP) is 1.76. The molecule has 0 atom stereocenters. The van der Waals surface area contributed by atoms with Crippen molar-refractivity contribution in [1.82, 2.24) is 5.32 Å². The monoisotopic (exact) mass is 199 g/mol. The molecule has 1 rings (SSSR count). The summed E-state index contributed by atoms with van der Waals surface area (Å²) in [5.41, 5.74) is -0.464. The van der Waals surface area contributed by atoms with Gasteiger partial charge in [-0.2, -0.15) is 0 Å². The third-order valence-electron chi connectivity index (χ3n) is 1.78. The summed E-state index contributed by atoms with van der Waals surface area (Å²) in [4.78, 5) is 11.3. The lowest BCUT2D eigenvalue weighted by Gasteiger charge is -2.03. The molecule has 0 amide bonds. The van der Waals surface area contributed by atoms with Crippen molar-refractivity contribution < 1.29 is 13.6 Å². The molecule has 0 aromatic heterocycles. The van der Waals surface area contributed by atoms with E-state index in [-0.39, 0.29) is 6.54 Å². The Hall–Kier alpha value is -1.29. The number of ketones is 1. The van der Waals surface area contributed by atoms with E-state index < -0.39 is 23.0 Å². The van der Waals surface area contributed by atoms with Gasteiger partial charge in [0, 0.05) is 0 Å². The summed E-state index contributed by atoms with van der Waals surface area (Å²) in [6, 6.07) is 3.37. The van der Waals surface area contributed by atoms with Gasteiger partial charge >= 0.3 is 0 Å². The number of carbonyl (C=O) groups is 1. The Morgan fingerprint density at radius 1 is 1.36 bits per heavy atom. The summed E-state index contributed by atoms with van der Waals surface area (Å²) in [7, 11) is 0. The van der Waals surface area contributed by atoms with Crippen LogP contribution in [0.1, 0.15) is 17.3 Å². The van der Waals surface area contributed by atoms with Gasteiger partial charge in [0.15, 0.2) is 5.78 Å². The van der Waals surface area contributed by atoms with Crippen molar-refractivity contribution in [2.24, 2.45) is 0 Å². The predicted molar refractivity (Wildman–Crippen MR) is 49.2 cm³/mol. The number of likely N-dealkylation sites (N-methyl/N-ethyl adjacent to an activating group) is 1.